The molecule has 1 amide bonds. The van der Waals surface area contributed by atoms with Gasteiger partial charge in [0.05, 0.1) is 6.61 Å². The highest BCUT2D eigenvalue weighted by Crippen LogP contribution is 2.34. The highest BCUT2D eigenvalue weighted by Gasteiger charge is 2.17. The molecule has 0 fully saturated rings. The monoisotopic (exact) mass is 550 g/mol. The summed E-state index contributed by atoms with van der Waals surface area (Å²) in [5.41, 5.74) is 3.73. The van der Waals surface area contributed by atoms with E-state index < -0.39 is 11.9 Å². The molecule has 214 valence electrons. The number of phenolic OH excluding ortho intramolecular Hbond substituents is 1. The Morgan fingerprint density at radius 2 is 1.62 bits per heavy atom. The van der Waals surface area contributed by atoms with Gasteiger partial charge in [-0.25, -0.2) is 9.18 Å². The predicted molar refractivity (Wildman–Crippen MR) is 154 cm³/mol. The van der Waals surface area contributed by atoms with Gasteiger partial charge in [0.15, 0.2) is 0 Å². The molecule has 0 spiro atoms. The van der Waals surface area contributed by atoms with E-state index in [1.807, 2.05) is 19.9 Å². The van der Waals surface area contributed by atoms with Crippen LogP contribution in [-0.2, 0) is 27.4 Å². The molecule has 3 aromatic rings. The predicted octanol–water partition coefficient (Wildman–Crippen LogP) is 7.02. The minimum atomic E-state index is -0.936. The lowest BCUT2D eigenvalue weighted by molar-refractivity contribution is -0.152. The molecule has 0 aliphatic heterocycles. The first-order valence-electron chi connectivity index (χ1n) is 13.8. The first kappa shape index (κ1) is 30.6. The molecule has 3 aromatic carbocycles. The summed E-state index contributed by atoms with van der Waals surface area (Å²) in [4.78, 5) is 25.9. The number of aromatic hydroxyl groups is 1. The molecule has 0 aliphatic rings. The fourth-order valence-electron chi connectivity index (χ4n) is 4.50. The number of hydrogen-bond acceptors (Lipinski definition) is 6. The minimum Gasteiger partial charge on any atom is -0.508 e. The Hall–Kier alpha value is -3.91. The van der Waals surface area contributed by atoms with E-state index in [0.717, 1.165) is 48.1 Å². The van der Waals surface area contributed by atoms with E-state index in [9.17, 15) is 19.1 Å². The zero-order valence-electron chi connectivity index (χ0n) is 23.8. The number of rotatable bonds is 13. The number of ether oxygens (including phenoxy) is 2. The van der Waals surface area contributed by atoms with Crippen molar-refractivity contribution in [2.45, 2.75) is 66.5 Å². The van der Waals surface area contributed by atoms with Crippen molar-refractivity contribution in [3.63, 3.8) is 0 Å². The van der Waals surface area contributed by atoms with Crippen molar-refractivity contribution in [2.75, 3.05) is 18.5 Å². The van der Waals surface area contributed by atoms with Crippen LogP contribution in [0.1, 0.15) is 61.8 Å². The van der Waals surface area contributed by atoms with E-state index in [-0.39, 0.29) is 18.2 Å². The summed E-state index contributed by atoms with van der Waals surface area (Å²) in [6, 6.07) is 15.1. The number of unbranched alkanes of at least 4 members (excludes halogenated alkanes) is 3. The van der Waals surface area contributed by atoms with Crippen LogP contribution >= 0.6 is 0 Å². The van der Waals surface area contributed by atoms with E-state index in [4.69, 9.17) is 9.47 Å². The maximum Gasteiger partial charge on any atom is 0.397 e. The highest BCUT2D eigenvalue weighted by molar-refractivity contribution is 6.37. The second kappa shape index (κ2) is 15.0. The van der Waals surface area contributed by atoms with Gasteiger partial charge in [-0.3, -0.25) is 9.69 Å². The van der Waals surface area contributed by atoms with Crippen LogP contribution in [0.15, 0.2) is 54.6 Å². The number of aryl methyl sites for hydroxylation is 2. The summed E-state index contributed by atoms with van der Waals surface area (Å²) in [7, 11) is 0. The van der Waals surface area contributed by atoms with Crippen LogP contribution in [-0.4, -0.2) is 35.0 Å². The van der Waals surface area contributed by atoms with Crippen molar-refractivity contribution < 1.29 is 28.6 Å². The van der Waals surface area contributed by atoms with E-state index in [1.165, 1.54) is 18.6 Å². The number of anilines is 1. The molecule has 40 heavy (non-hydrogen) atoms. The Morgan fingerprint density at radius 1 is 0.925 bits per heavy atom. The van der Waals surface area contributed by atoms with Gasteiger partial charge in [0.1, 0.15) is 23.1 Å². The molecule has 0 heterocycles. The topological polar surface area (TPSA) is 88.1 Å². The number of carbonyl (C=O) groups is 2. The van der Waals surface area contributed by atoms with Crippen LogP contribution < -0.4 is 10.1 Å². The molecule has 0 bridgehead atoms. The molecule has 0 aromatic heterocycles. The van der Waals surface area contributed by atoms with E-state index in [2.05, 4.69) is 17.1 Å². The Kier molecular flexibility index (Phi) is 11.5. The van der Waals surface area contributed by atoms with Gasteiger partial charge in [0.2, 0.25) is 0 Å². The van der Waals surface area contributed by atoms with E-state index in [0.29, 0.717) is 30.3 Å². The second-order valence-corrected chi connectivity index (χ2v) is 9.90. The van der Waals surface area contributed by atoms with Gasteiger partial charge >= 0.3 is 11.9 Å². The number of benzene rings is 3. The molecule has 7 nitrogen and oxygen atoms in total. The van der Waals surface area contributed by atoms with Gasteiger partial charge < -0.3 is 19.9 Å². The summed E-state index contributed by atoms with van der Waals surface area (Å²) in [6.07, 6.45) is 4.47. The fraction of sp³-hybridized carbons (Fsp3) is 0.375. The lowest BCUT2D eigenvalue weighted by Gasteiger charge is -2.23. The van der Waals surface area contributed by atoms with Crippen LogP contribution in [0.25, 0.3) is 0 Å². The Bertz CT molecular complexity index is 1270. The number of phenols is 1. The van der Waals surface area contributed by atoms with Crippen molar-refractivity contribution in [3.05, 3.63) is 82.7 Å². The molecule has 0 saturated carbocycles. The number of hydrogen-bond donors (Lipinski definition) is 2. The average molecular weight is 551 g/mol. The van der Waals surface area contributed by atoms with Gasteiger partial charge in [0.25, 0.3) is 0 Å². The largest absolute Gasteiger partial charge is 0.508 e. The smallest absolute Gasteiger partial charge is 0.397 e. The number of halogens is 1. The molecular weight excluding hydrogens is 511 g/mol. The summed E-state index contributed by atoms with van der Waals surface area (Å²) >= 11 is 0. The van der Waals surface area contributed by atoms with Gasteiger partial charge in [-0.15, -0.1) is 0 Å². The van der Waals surface area contributed by atoms with Crippen molar-refractivity contribution in [1.82, 2.24) is 4.90 Å². The summed E-state index contributed by atoms with van der Waals surface area (Å²) in [6.45, 7) is 9.62. The third-order valence-corrected chi connectivity index (χ3v) is 6.49. The van der Waals surface area contributed by atoms with Crippen molar-refractivity contribution >= 4 is 17.6 Å². The van der Waals surface area contributed by atoms with Gasteiger partial charge in [-0.2, -0.15) is 0 Å². The first-order valence-corrected chi connectivity index (χ1v) is 13.8. The molecule has 0 atom stereocenters. The molecule has 0 aliphatic carbocycles. The van der Waals surface area contributed by atoms with Crippen molar-refractivity contribution in [1.29, 1.82) is 0 Å². The van der Waals surface area contributed by atoms with Gasteiger partial charge in [0, 0.05) is 24.3 Å². The maximum absolute atomic E-state index is 13.4. The average Bonchev–Trinajstić information content (AvgIpc) is 2.91. The van der Waals surface area contributed by atoms with Crippen molar-refractivity contribution in [2.24, 2.45) is 0 Å². The third-order valence-electron chi connectivity index (χ3n) is 6.49. The maximum atomic E-state index is 13.4. The second-order valence-electron chi connectivity index (χ2n) is 9.90. The lowest BCUT2D eigenvalue weighted by atomic mass is 10.1. The summed E-state index contributed by atoms with van der Waals surface area (Å²) in [5, 5.41) is 13.2. The van der Waals surface area contributed by atoms with Crippen molar-refractivity contribution in [3.8, 4) is 17.2 Å². The van der Waals surface area contributed by atoms with Crippen LogP contribution in [0.2, 0.25) is 0 Å². The molecular formula is C32H39FN2O5. The lowest BCUT2D eigenvalue weighted by Crippen LogP contribution is -2.25. The van der Waals surface area contributed by atoms with Crippen LogP contribution in [0.3, 0.4) is 0 Å². The zero-order valence-corrected chi connectivity index (χ0v) is 23.8. The number of esters is 1. The van der Waals surface area contributed by atoms with Gasteiger partial charge in [-0.05, 0) is 92.9 Å². The Morgan fingerprint density at radius 3 is 2.27 bits per heavy atom. The van der Waals surface area contributed by atoms with E-state index in [1.54, 1.807) is 43.3 Å². The fourth-order valence-corrected chi connectivity index (χ4v) is 4.50. The summed E-state index contributed by atoms with van der Waals surface area (Å²) in [5.74, 6) is -0.675. The molecule has 0 radical (unpaired) electrons. The minimum absolute atomic E-state index is 0.120. The zero-order chi connectivity index (χ0) is 29.1. The number of nitrogens with one attached hydrogen (secondary N) is 1. The molecule has 8 heteroatoms. The quantitative estimate of drug-likeness (QED) is 0.135. The highest BCUT2D eigenvalue weighted by atomic mass is 19.1. The number of nitrogens with zero attached hydrogens (tertiary/aromatic N) is 1. The molecule has 2 N–H and O–H groups in total. The Balaban J connectivity index is 1.76. The summed E-state index contributed by atoms with van der Waals surface area (Å²) < 4.78 is 24.4. The van der Waals surface area contributed by atoms with Crippen LogP contribution in [0.4, 0.5) is 10.1 Å². The molecule has 3 rings (SSSR count). The number of amides is 1. The normalized spacial score (nSPS) is 10.9. The molecule has 0 saturated heterocycles. The third kappa shape index (κ3) is 9.09. The van der Waals surface area contributed by atoms with Crippen LogP contribution in [0.5, 0.6) is 17.2 Å². The standard InChI is InChI=1S/C32H39FN2O5/c1-5-7-8-9-16-35(20-24-10-12-26(33)13-11-24)21-25-19-28(14-15-29(25)36)40-30-22(3)17-27(18-23(30)4)34-31(37)32(38)39-6-2/h10-15,17-19,36H,5-9,16,20-21H2,1-4H3,(H,34,37). The molecule has 0 unspecified atom stereocenters. The SMILES string of the molecule is CCCCCCN(Cc1ccc(F)cc1)Cc1cc(Oc2c(C)cc(NC(=O)C(=O)OCC)cc2C)ccc1O. The van der Waals surface area contributed by atoms with Gasteiger partial charge in [-0.1, -0.05) is 38.3 Å². The first-order chi connectivity index (χ1) is 19.2. The Labute approximate surface area is 235 Å². The van der Waals surface area contributed by atoms with Crippen LogP contribution in [0, 0.1) is 19.7 Å². The number of carbonyl (C=O) groups excluding carboxylic acids is 2. The van der Waals surface area contributed by atoms with E-state index >= 15 is 0 Å².